The van der Waals surface area contributed by atoms with Crippen LogP contribution in [0.2, 0.25) is 5.02 Å². The van der Waals surface area contributed by atoms with E-state index in [9.17, 15) is 24.4 Å². The summed E-state index contributed by atoms with van der Waals surface area (Å²) >= 11 is 5.93. The van der Waals surface area contributed by atoms with Gasteiger partial charge in [0.05, 0.1) is 6.61 Å². The molecule has 0 radical (unpaired) electrons. The molecule has 2 unspecified atom stereocenters. The largest absolute Gasteiger partial charge is 0.461 e. The van der Waals surface area contributed by atoms with Gasteiger partial charge in [0.15, 0.2) is 6.23 Å². The Kier molecular flexibility index (Phi) is 9.01. The number of aliphatic hydroxyl groups excluding tert-OH is 1. The average Bonchev–Trinajstić information content (AvgIpc) is 3.46. The van der Waals surface area contributed by atoms with Crippen LogP contribution in [0.15, 0.2) is 41.3 Å². The van der Waals surface area contributed by atoms with Gasteiger partial charge in [-0.1, -0.05) is 11.6 Å². The van der Waals surface area contributed by atoms with Gasteiger partial charge in [0.1, 0.15) is 41.5 Å². The number of hydrogen-bond acceptors (Lipinski definition) is 11. The molecule has 1 aromatic heterocycles. The predicted molar refractivity (Wildman–Crippen MR) is 140 cm³/mol. The van der Waals surface area contributed by atoms with Gasteiger partial charge in [-0.25, -0.2) is 9.36 Å². The Bertz CT molecular complexity index is 1270. The molecule has 39 heavy (non-hydrogen) atoms. The lowest BCUT2D eigenvalue weighted by molar-refractivity contribution is -0.150. The molecule has 1 aromatic carbocycles. The lowest BCUT2D eigenvalue weighted by atomic mass is 9.96. The van der Waals surface area contributed by atoms with Crippen molar-refractivity contribution in [2.24, 2.45) is 0 Å². The fourth-order valence-electron chi connectivity index (χ4n) is 4.44. The van der Waals surface area contributed by atoms with Crippen molar-refractivity contribution in [1.29, 1.82) is 0 Å². The highest BCUT2D eigenvalue weighted by molar-refractivity contribution is 7.52. The van der Waals surface area contributed by atoms with Crippen molar-refractivity contribution in [2.75, 3.05) is 12.3 Å². The molecular formula is C24H32ClN4O9P. The zero-order valence-electron chi connectivity index (χ0n) is 21.4. The van der Waals surface area contributed by atoms with Crippen LogP contribution in [0, 0.1) is 0 Å². The number of anilines is 1. The summed E-state index contributed by atoms with van der Waals surface area (Å²) < 4.78 is 37.2. The highest BCUT2D eigenvalue weighted by Crippen LogP contribution is 2.47. The second-order valence-electron chi connectivity index (χ2n) is 9.77. The van der Waals surface area contributed by atoms with Crippen molar-refractivity contribution in [1.82, 2.24) is 14.6 Å². The van der Waals surface area contributed by atoms with Crippen LogP contribution in [0.4, 0.5) is 5.82 Å². The second kappa shape index (κ2) is 11.9. The van der Waals surface area contributed by atoms with E-state index in [1.165, 1.54) is 50.4 Å². The first-order valence-electron chi connectivity index (χ1n) is 12.5. The maximum Gasteiger partial charge on any atom is 0.459 e. The summed E-state index contributed by atoms with van der Waals surface area (Å²) in [7, 11) is -4.30. The summed E-state index contributed by atoms with van der Waals surface area (Å²) in [6.45, 7) is 2.18. The van der Waals surface area contributed by atoms with Gasteiger partial charge in [-0.05, 0) is 69.9 Å². The number of hydrogen-bond donors (Lipinski definition) is 4. The summed E-state index contributed by atoms with van der Waals surface area (Å²) in [6.07, 6.45) is 0.352. The third-order valence-electron chi connectivity index (χ3n) is 6.60. The first-order valence-corrected chi connectivity index (χ1v) is 14.4. The highest BCUT2D eigenvalue weighted by atomic mass is 35.5. The van der Waals surface area contributed by atoms with E-state index in [1.54, 1.807) is 0 Å². The summed E-state index contributed by atoms with van der Waals surface area (Å²) in [6, 6.07) is 6.22. The van der Waals surface area contributed by atoms with Crippen molar-refractivity contribution in [3.8, 4) is 5.75 Å². The number of nitrogens with two attached hydrogens (primary N) is 1. The van der Waals surface area contributed by atoms with Crippen LogP contribution >= 0.6 is 19.3 Å². The average molecular weight is 587 g/mol. The molecule has 1 saturated carbocycles. The third kappa shape index (κ3) is 6.98. The van der Waals surface area contributed by atoms with Crippen LogP contribution in [0.3, 0.4) is 0 Å². The van der Waals surface area contributed by atoms with Crippen molar-refractivity contribution in [2.45, 2.75) is 75.7 Å². The third-order valence-corrected chi connectivity index (χ3v) is 8.49. The molecule has 2 aromatic rings. The number of benzene rings is 1. The number of aliphatic hydroxyl groups is 2. The summed E-state index contributed by atoms with van der Waals surface area (Å²) in [5, 5.41) is 24.7. The smallest absolute Gasteiger partial charge is 0.459 e. The topological polar surface area (TPSA) is 184 Å². The molecule has 6 atom stereocenters. The molecule has 2 fully saturated rings. The molecule has 1 aliphatic carbocycles. The Labute approximate surface area is 229 Å². The van der Waals surface area contributed by atoms with Gasteiger partial charge in [-0.15, -0.1) is 0 Å². The molecule has 1 aliphatic heterocycles. The summed E-state index contributed by atoms with van der Waals surface area (Å²) in [5.74, 6) is -0.522. The van der Waals surface area contributed by atoms with Crippen LogP contribution in [-0.4, -0.2) is 62.3 Å². The number of nitrogens with one attached hydrogen (secondary N) is 1. The molecule has 5 N–H and O–H groups in total. The molecular weight excluding hydrogens is 555 g/mol. The number of ether oxygens (including phenoxy) is 2. The Balaban J connectivity index is 1.50. The Morgan fingerprint density at radius 3 is 2.64 bits per heavy atom. The quantitative estimate of drug-likeness (QED) is 0.235. The summed E-state index contributed by atoms with van der Waals surface area (Å²) in [4.78, 5) is 28.6. The van der Waals surface area contributed by atoms with Crippen LogP contribution < -0.4 is 21.0 Å². The monoisotopic (exact) mass is 586 g/mol. The minimum Gasteiger partial charge on any atom is -0.461 e. The predicted octanol–water partition coefficient (Wildman–Crippen LogP) is 2.16. The minimum absolute atomic E-state index is 0.0266. The number of carbonyl (C=O) groups excluding carboxylic acids is 1. The van der Waals surface area contributed by atoms with Crippen LogP contribution in [-0.2, 0) is 23.4 Å². The lowest BCUT2D eigenvalue weighted by Gasteiger charge is -2.27. The molecule has 2 heterocycles. The first-order chi connectivity index (χ1) is 18.4. The van der Waals surface area contributed by atoms with Crippen molar-refractivity contribution < 1.29 is 38.1 Å². The normalized spacial score (nSPS) is 27.7. The second-order valence-corrected chi connectivity index (χ2v) is 11.9. The molecule has 1 saturated heterocycles. The molecule has 0 amide bonds. The van der Waals surface area contributed by atoms with Crippen molar-refractivity contribution in [3.05, 3.63) is 52.0 Å². The van der Waals surface area contributed by atoms with E-state index < -0.39 is 56.1 Å². The molecule has 214 valence electrons. The molecule has 4 rings (SSSR count). The van der Waals surface area contributed by atoms with Gasteiger partial charge >= 0.3 is 19.4 Å². The lowest BCUT2D eigenvalue weighted by Crippen LogP contribution is -2.46. The Morgan fingerprint density at radius 2 is 2.00 bits per heavy atom. The van der Waals surface area contributed by atoms with E-state index in [1.807, 2.05) is 0 Å². The van der Waals surface area contributed by atoms with Gasteiger partial charge in [0, 0.05) is 11.2 Å². The molecule has 13 nitrogen and oxygen atoms in total. The standard InChI is InChI=1S/C24H32ClN4O9P/c1-14(21(31)36-16-5-3-4-6-16)28-39(34,38-17-9-7-15(25)8-10-17)35-13-18-20(30)24(2,33)22(37-18)29-12-11-19(26)27-23(29)32/h7-12,14,16,18,20,22,30,33H,3-6,13H2,1-2H3,(H,28,34)(H2,26,27,32)/t14-,18+,20+,22?,24+,39?/m0/s1. The highest BCUT2D eigenvalue weighted by Gasteiger charge is 2.54. The maximum atomic E-state index is 13.8. The summed E-state index contributed by atoms with van der Waals surface area (Å²) in [5.41, 5.74) is 2.77. The Morgan fingerprint density at radius 1 is 1.33 bits per heavy atom. The van der Waals surface area contributed by atoms with Gasteiger partial charge < -0.3 is 29.9 Å². The van der Waals surface area contributed by atoms with E-state index in [4.69, 9.17) is 35.9 Å². The molecule has 0 spiro atoms. The van der Waals surface area contributed by atoms with E-state index in [0.717, 1.165) is 30.3 Å². The number of rotatable bonds is 10. The van der Waals surface area contributed by atoms with E-state index in [2.05, 4.69) is 10.1 Å². The number of halogens is 1. The van der Waals surface area contributed by atoms with Gasteiger partial charge in [-0.2, -0.15) is 10.1 Å². The van der Waals surface area contributed by atoms with E-state index >= 15 is 0 Å². The van der Waals surface area contributed by atoms with E-state index in [0.29, 0.717) is 5.02 Å². The number of nitrogen functional groups attached to an aromatic ring is 1. The van der Waals surface area contributed by atoms with Gasteiger partial charge in [-0.3, -0.25) is 13.9 Å². The number of esters is 1. The van der Waals surface area contributed by atoms with Crippen molar-refractivity contribution >= 4 is 31.1 Å². The zero-order chi connectivity index (χ0) is 28.4. The molecule has 0 bridgehead atoms. The fourth-order valence-corrected chi connectivity index (χ4v) is 6.07. The van der Waals surface area contributed by atoms with Crippen LogP contribution in [0.25, 0.3) is 0 Å². The van der Waals surface area contributed by atoms with E-state index in [-0.39, 0.29) is 17.7 Å². The molecule has 2 aliphatic rings. The first kappa shape index (κ1) is 29.5. The van der Waals surface area contributed by atoms with Gasteiger partial charge in [0.2, 0.25) is 0 Å². The zero-order valence-corrected chi connectivity index (χ0v) is 23.1. The Hall–Kier alpha value is -2.51. The van der Waals surface area contributed by atoms with Crippen LogP contribution in [0.1, 0.15) is 45.8 Å². The molecule has 15 heteroatoms. The van der Waals surface area contributed by atoms with Crippen LogP contribution in [0.5, 0.6) is 5.75 Å². The SMILES string of the molecule is C[C@H](NP(=O)(OC[C@H]1OC(n2ccc(N)nc2=O)[C@](C)(O)[C@@H]1O)Oc1ccc(Cl)cc1)C(=O)OC1CCCC1. The number of aromatic nitrogens is 2. The van der Waals surface area contributed by atoms with Crippen molar-refractivity contribution in [3.63, 3.8) is 0 Å². The minimum atomic E-state index is -4.30. The number of carbonyl (C=O) groups is 1. The van der Waals surface area contributed by atoms with Gasteiger partial charge in [0.25, 0.3) is 0 Å². The maximum absolute atomic E-state index is 13.8. The fraction of sp³-hybridized carbons (Fsp3) is 0.542. The number of nitrogens with zero attached hydrogens (tertiary/aromatic N) is 2.